The van der Waals surface area contributed by atoms with E-state index in [0.29, 0.717) is 5.75 Å². The maximum Gasteiger partial charge on any atom is 0.203 e. The number of nitrogens with one attached hydrogen (secondary N) is 2. The molecule has 1 aliphatic heterocycles. The van der Waals surface area contributed by atoms with E-state index >= 15 is 0 Å². The highest BCUT2D eigenvalue weighted by molar-refractivity contribution is 5.55. The molecule has 3 rings (SSSR count). The van der Waals surface area contributed by atoms with Crippen LogP contribution in [0.2, 0.25) is 0 Å². The summed E-state index contributed by atoms with van der Waals surface area (Å²) in [7, 11) is 5.03. The number of hydrogen-bond acceptors (Lipinski definition) is 3. The Labute approximate surface area is 145 Å². The zero-order valence-electron chi connectivity index (χ0n) is 15.3. The molecule has 1 aromatic rings. The van der Waals surface area contributed by atoms with E-state index in [-0.39, 0.29) is 0 Å². The molecule has 0 unspecified atom stereocenters. The van der Waals surface area contributed by atoms with Gasteiger partial charge in [0.05, 0.1) is 32.9 Å². The lowest BCUT2D eigenvalue weighted by Gasteiger charge is -2.33. The van der Waals surface area contributed by atoms with Crippen LogP contribution in [0.3, 0.4) is 0 Å². The highest BCUT2D eigenvalue weighted by atomic mass is 16.5. The third-order valence-corrected chi connectivity index (χ3v) is 5.76. The van der Waals surface area contributed by atoms with Gasteiger partial charge in [-0.1, -0.05) is 0 Å². The lowest BCUT2D eigenvalue weighted by Crippen LogP contribution is -3.29. The molecule has 0 atom stereocenters. The summed E-state index contributed by atoms with van der Waals surface area (Å²) in [5.41, 5.74) is 1.20. The van der Waals surface area contributed by atoms with Gasteiger partial charge in [-0.25, -0.2) is 0 Å². The molecule has 2 N–H and O–H groups in total. The summed E-state index contributed by atoms with van der Waals surface area (Å²) in [5.74, 6) is 2.24. The molecule has 0 spiro atoms. The molecule has 5 nitrogen and oxygen atoms in total. The SMILES string of the molecule is COc1ccc(C[NH+]2CC[NH+](C3CCCC3)CC2)c(OC)c1OC. The summed E-state index contributed by atoms with van der Waals surface area (Å²) < 4.78 is 16.5. The molecular weight excluding hydrogens is 304 g/mol. The molecule has 0 aromatic heterocycles. The first kappa shape index (κ1) is 17.4. The minimum atomic E-state index is 0.701. The van der Waals surface area contributed by atoms with Crippen molar-refractivity contribution in [3.8, 4) is 17.2 Å². The monoisotopic (exact) mass is 336 g/mol. The Morgan fingerprint density at radius 1 is 0.875 bits per heavy atom. The van der Waals surface area contributed by atoms with Crippen molar-refractivity contribution in [2.45, 2.75) is 38.3 Å². The molecule has 0 bridgehead atoms. The number of ether oxygens (including phenoxy) is 3. The van der Waals surface area contributed by atoms with Crippen LogP contribution in [-0.4, -0.2) is 53.6 Å². The van der Waals surface area contributed by atoms with Crippen LogP contribution in [0.15, 0.2) is 12.1 Å². The van der Waals surface area contributed by atoms with Gasteiger partial charge in [0.15, 0.2) is 11.5 Å². The van der Waals surface area contributed by atoms with Crippen LogP contribution in [0.1, 0.15) is 31.2 Å². The largest absolute Gasteiger partial charge is 0.493 e. The van der Waals surface area contributed by atoms with Crippen molar-refractivity contribution in [2.24, 2.45) is 0 Å². The van der Waals surface area contributed by atoms with Crippen molar-refractivity contribution in [1.82, 2.24) is 0 Å². The highest BCUT2D eigenvalue weighted by Crippen LogP contribution is 2.39. The molecule has 5 heteroatoms. The number of rotatable bonds is 6. The molecule has 1 aromatic carbocycles. The van der Waals surface area contributed by atoms with Crippen LogP contribution >= 0.6 is 0 Å². The van der Waals surface area contributed by atoms with Gasteiger partial charge in [0, 0.05) is 0 Å². The van der Waals surface area contributed by atoms with Crippen molar-refractivity contribution >= 4 is 0 Å². The molecule has 134 valence electrons. The van der Waals surface area contributed by atoms with E-state index in [1.807, 2.05) is 11.0 Å². The van der Waals surface area contributed by atoms with Gasteiger partial charge in [-0.05, 0) is 37.8 Å². The Hall–Kier alpha value is -1.46. The summed E-state index contributed by atoms with van der Waals surface area (Å²) in [5, 5.41) is 0. The fourth-order valence-electron chi connectivity index (χ4n) is 4.42. The molecule has 2 aliphatic rings. The van der Waals surface area contributed by atoms with Crippen LogP contribution in [0.5, 0.6) is 17.2 Å². The Morgan fingerprint density at radius 3 is 2.12 bits per heavy atom. The standard InChI is InChI=1S/C19H30N2O3/c1-22-17-9-8-15(18(23-2)19(17)24-3)14-20-10-12-21(13-11-20)16-6-4-5-7-16/h8-9,16H,4-7,10-14H2,1-3H3/p+2. The number of piperazine rings is 1. The molecule has 0 amide bonds. The first-order valence-corrected chi connectivity index (χ1v) is 9.22. The average molecular weight is 336 g/mol. The maximum absolute atomic E-state index is 5.63. The fourth-order valence-corrected chi connectivity index (χ4v) is 4.42. The van der Waals surface area contributed by atoms with E-state index in [2.05, 4.69) is 6.07 Å². The summed E-state index contributed by atoms with van der Waals surface area (Å²) in [4.78, 5) is 3.48. The Kier molecular flexibility index (Phi) is 5.85. The number of methoxy groups -OCH3 is 3. The van der Waals surface area contributed by atoms with Crippen molar-refractivity contribution in [2.75, 3.05) is 47.5 Å². The van der Waals surface area contributed by atoms with Crippen LogP contribution in [-0.2, 0) is 6.54 Å². The summed E-state index contributed by atoms with van der Waals surface area (Å²) in [6.45, 7) is 6.07. The van der Waals surface area contributed by atoms with E-state index in [9.17, 15) is 0 Å². The van der Waals surface area contributed by atoms with Gasteiger partial charge >= 0.3 is 0 Å². The van der Waals surface area contributed by atoms with Crippen LogP contribution in [0.25, 0.3) is 0 Å². The zero-order valence-corrected chi connectivity index (χ0v) is 15.3. The second-order valence-corrected chi connectivity index (χ2v) is 7.06. The molecule has 2 fully saturated rings. The van der Waals surface area contributed by atoms with E-state index < -0.39 is 0 Å². The molecule has 1 saturated carbocycles. The minimum Gasteiger partial charge on any atom is -0.493 e. The Morgan fingerprint density at radius 2 is 1.54 bits per heavy atom. The van der Waals surface area contributed by atoms with Crippen molar-refractivity contribution in [1.29, 1.82) is 0 Å². The van der Waals surface area contributed by atoms with E-state index in [1.54, 1.807) is 26.2 Å². The van der Waals surface area contributed by atoms with Gasteiger partial charge in [0.2, 0.25) is 5.75 Å². The molecule has 0 radical (unpaired) electrons. The van der Waals surface area contributed by atoms with Gasteiger partial charge in [0.25, 0.3) is 0 Å². The predicted molar refractivity (Wildman–Crippen MR) is 93.5 cm³/mol. The minimum absolute atomic E-state index is 0.701. The third-order valence-electron chi connectivity index (χ3n) is 5.76. The van der Waals surface area contributed by atoms with Gasteiger partial charge in [0.1, 0.15) is 32.7 Å². The number of quaternary nitrogens is 2. The van der Waals surface area contributed by atoms with Crippen LogP contribution in [0.4, 0.5) is 0 Å². The highest BCUT2D eigenvalue weighted by Gasteiger charge is 2.31. The topological polar surface area (TPSA) is 36.6 Å². The molecule has 1 aliphatic carbocycles. The van der Waals surface area contributed by atoms with Gasteiger partial charge in [-0.3, -0.25) is 0 Å². The van der Waals surface area contributed by atoms with Crippen LogP contribution < -0.4 is 24.0 Å². The molecule has 24 heavy (non-hydrogen) atoms. The van der Waals surface area contributed by atoms with E-state index in [1.165, 1.54) is 57.4 Å². The summed E-state index contributed by atoms with van der Waals surface area (Å²) >= 11 is 0. The molecule has 1 saturated heterocycles. The normalized spacial score (nSPS) is 24.8. The van der Waals surface area contributed by atoms with Gasteiger partial charge in [-0.2, -0.15) is 0 Å². The average Bonchev–Trinajstić information content (AvgIpc) is 3.16. The zero-order chi connectivity index (χ0) is 16.9. The van der Waals surface area contributed by atoms with Crippen molar-refractivity contribution < 1.29 is 24.0 Å². The van der Waals surface area contributed by atoms with Crippen molar-refractivity contribution in [3.63, 3.8) is 0 Å². The predicted octanol–water partition coefficient (Wildman–Crippen LogP) is -0.0616. The smallest absolute Gasteiger partial charge is 0.203 e. The van der Waals surface area contributed by atoms with Crippen LogP contribution in [0, 0.1) is 0 Å². The van der Waals surface area contributed by atoms with Crippen molar-refractivity contribution in [3.05, 3.63) is 17.7 Å². The lowest BCUT2D eigenvalue weighted by atomic mass is 10.1. The third kappa shape index (κ3) is 3.62. The number of hydrogen-bond donors (Lipinski definition) is 2. The van der Waals surface area contributed by atoms with Gasteiger partial charge in [-0.15, -0.1) is 0 Å². The summed E-state index contributed by atoms with van der Waals surface area (Å²) in [6.07, 6.45) is 5.75. The first-order valence-electron chi connectivity index (χ1n) is 9.22. The van der Waals surface area contributed by atoms with E-state index in [0.717, 1.165) is 24.1 Å². The quantitative estimate of drug-likeness (QED) is 0.764. The maximum atomic E-state index is 5.63. The van der Waals surface area contributed by atoms with Gasteiger partial charge < -0.3 is 24.0 Å². The van der Waals surface area contributed by atoms with E-state index in [4.69, 9.17) is 14.2 Å². The Balaban J connectivity index is 1.64. The molecular formula is C19H32N2O3+2. The first-order chi connectivity index (χ1) is 11.8. The summed E-state index contributed by atoms with van der Waals surface area (Å²) in [6, 6.07) is 5.03. The molecule has 1 heterocycles. The lowest BCUT2D eigenvalue weighted by molar-refractivity contribution is -1.03. The fraction of sp³-hybridized carbons (Fsp3) is 0.684. The number of benzene rings is 1. The second kappa shape index (κ2) is 8.08. The Bertz CT molecular complexity index is 536. The second-order valence-electron chi connectivity index (χ2n) is 7.06.